The first-order valence-electron chi connectivity index (χ1n) is 9.49. The van der Waals surface area contributed by atoms with Crippen LogP contribution in [0.25, 0.3) is 0 Å². The van der Waals surface area contributed by atoms with Gasteiger partial charge in [0.1, 0.15) is 6.10 Å². The minimum Gasteiger partial charge on any atom is -0.463 e. The van der Waals surface area contributed by atoms with Gasteiger partial charge >= 0.3 is 5.97 Å². The standard InChI is InChI=1S/C19H34O6SSi/c1-9-21-14(20)10-12-15(23-17-16(12)24-19(5,6)25-17)13(26)11-22-27(7,8)18(2,3)4/h10,13,15-17,26H,9,11H2,1-8H3/b12-10-/t13-,15-,16+,17+/m0/s1. The fraction of sp³-hybridized carbons (Fsp3) is 0.842. The molecule has 0 radical (unpaired) electrons. The number of carbonyl (C=O) groups excluding carboxylic acids is 1. The van der Waals surface area contributed by atoms with Gasteiger partial charge < -0.3 is 23.4 Å². The van der Waals surface area contributed by atoms with Crippen molar-refractivity contribution in [2.75, 3.05) is 13.2 Å². The quantitative estimate of drug-likeness (QED) is 0.307. The van der Waals surface area contributed by atoms with Crippen LogP contribution in [0.4, 0.5) is 0 Å². The number of ether oxygens (including phenoxy) is 4. The molecular formula is C19H34O6SSi. The minimum absolute atomic E-state index is 0.105. The number of carbonyl (C=O) groups is 1. The van der Waals surface area contributed by atoms with E-state index in [9.17, 15) is 4.79 Å². The molecule has 4 atom stereocenters. The summed E-state index contributed by atoms with van der Waals surface area (Å²) >= 11 is 4.72. The summed E-state index contributed by atoms with van der Waals surface area (Å²) in [6.45, 7) is 17.1. The van der Waals surface area contributed by atoms with E-state index in [1.54, 1.807) is 6.92 Å². The molecule has 2 aliphatic heterocycles. The maximum absolute atomic E-state index is 12.1. The second-order valence-corrected chi connectivity index (χ2v) is 14.5. The molecular weight excluding hydrogens is 384 g/mol. The molecule has 0 unspecified atom stereocenters. The minimum atomic E-state index is -1.91. The van der Waals surface area contributed by atoms with E-state index in [2.05, 4.69) is 33.9 Å². The summed E-state index contributed by atoms with van der Waals surface area (Å²) in [5, 5.41) is -0.145. The van der Waals surface area contributed by atoms with Crippen LogP contribution in [-0.2, 0) is 28.2 Å². The average Bonchev–Trinajstić information content (AvgIpc) is 2.97. The maximum atomic E-state index is 12.1. The van der Waals surface area contributed by atoms with Gasteiger partial charge in [0.05, 0.1) is 18.0 Å². The van der Waals surface area contributed by atoms with Gasteiger partial charge in [-0.05, 0) is 38.9 Å². The molecule has 27 heavy (non-hydrogen) atoms. The molecule has 0 N–H and O–H groups in total. The predicted octanol–water partition coefficient (Wildman–Crippen LogP) is 3.67. The predicted molar refractivity (Wildman–Crippen MR) is 109 cm³/mol. The Morgan fingerprint density at radius 1 is 1.33 bits per heavy atom. The second kappa shape index (κ2) is 8.16. The molecule has 2 fully saturated rings. The fourth-order valence-electron chi connectivity index (χ4n) is 2.83. The van der Waals surface area contributed by atoms with E-state index >= 15 is 0 Å². The molecule has 0 amide bonds. The molecule has 2 rings (SSSR count). The smallest absolute Gasteiger partial charge is 0.330 e. The Balaban J connectivity index is 2.15. The van der Waals surface area contributed by atoms with E-state index in [-0.39, 0.29) is 10.3 Å². The van der Waals surface area contributed by atoms with Crippen LogP contribution in [0.5, 0.6) is 0 Å². The van der Waals surface area contributed by atoms with Crippen LogP contribution in [0.3, 0.4) is 0 Å². The van der Waals surface area contributed by atoms with Gasteiger partial charge in [0.2, 0.25) is 0 Å². The molecule has 2 heterocycles. The molecule has 156 valence electrons. The average molecular weight is 419 g/mol. The Labute approximate surface area is 169 Å². The van der Waals surface area contributed by atoms with Crippen molar-refractivity contribution < 1.29 is 28.2 Å². The van der Waals surface area contributed by atoms with Crippen LogP contribution in [0.2, 0.25) is 18.1 Å². The summed E-state index contributed by atoms with van der Waals surface area (Å²) in [5.41, 5.74) is 0.697. The Kier molecular flexibility index (Phi) is 6.92. The number of esters is 1. The summed E-state index contributed by atoms with van der Waals surface area (Å²) in [6, 6.07) is 0. The number of hydrogen-bond donors (Lipinski definition) is 1. The van der Waals surface area contributed by atoms with Crippen molar-refractivity contribution >= 4 is 26.9 Å². The summed E-state index contributed by atoms with van der Waals surface area (Å²) in [7, 11) is -1.91. The van der Waals surface area contributed by atoms with Gasteiger partial charge in [-0.25, -0.2) is 4.79 Å². The van der Waals surface area contributed by atoms with Crippen molar-refractivity contribution in [3.05, 3.63) is 11.6 Å². The highest BCUT2D eigenvalue weighted by Gasteiger charge is 2.53. The van der Waals surface area contributed by atoms with Gasteiger partial charge in [-0.15, -0.1) is 0 Å². The first kappa shape index (κ1) is 22.9. The molecule has 2 aliphatic rings. The van der Waals surface area contributed by atoms with Gasteiger partial charge in [-0.3, -0.25) is 0 Å². The van der Waals surface area contributed by atoms with E-state index in [1.807, 2.05) is 13.8 Å². The molecule has 0 aliphatic carbocycles. The molecule has 8 heteroatoms. The zero-order chi connectivity index (χ0) is 20.6. The largest absolute Gasteiger partial charge is 0.463 e. The highest BCUT2D eigenvalue weighted by molar-refractivity contribution is 7.81. The SMILES string of the molecule is CCOC(=O)/C=C1\[C@H]2OC(C)(C)O[C@H]2O[C@@H]1[C@@H](S)CO[Si](C)(C)C(C)(C)C. The number of rotatable bonds is 6. The lowest BCUT2D eigenvalue weighted by atomic mass is 10.0. The monoisotopic (exact) mass is 418 g/mol. The topological polar surface area (TPSA) is 63.2 Å². The fourth-order valence-corrected chi connectivity index (χ4v) is 4.32. The lowest BCUT2D eigenvalue weighted by Gasteiger charge is -2.37. The Bertz CT molecular complexity index is 583. The molecule has 0 spiro atoms. The van der Waals surface area contributed by atoms with E-state index in [0.717, 1.165) is 0 Å². The molecule has 0 aromatic carbocycles. The van der Waals surface area contributed by atoms with Crippen LogP contribution in [0.15, 0.2) is 11.6 Å². The van der Waals surface area contributed by atoms with Crippen molar-refractivity contribution in [3.8, 4) is 0 Å². The molecule has 0 aromatic heterocycles. The van der Waals surface area contributed by atoms with Crippen LogP contribution < -0.4 is 0 Å². The van der Waals surface area contributed by atoms with Gasteiger partial charge in [0, 0.05) is 18.3 Å². The van der Waals surface area contributed by atoms with Gasteiger partial charge in [-0.1, -0.05) is 20.8 Å². The molecule has 0 aromatic rings. The summed E-state index contributed by atoms with van der Waals surface area (Å²) in [4.78, 5) is 12.1. The molecule has 6 nitrogen and oxygen atoms in total. The third-order valence-corrected chi connectivity index (χ3v) is 10.3. The number of thiol groups is 1. The zero-order valence-corrected chi connectivity index (χ0v) is 19.6. The zero-order valence-electron chi connectivity index (χ0n) is 17.7. The van der Waals surface area contributed by atoms with Crippen molar-refractivity contribution in [3.63, 3.8) is 0 Å². The Morgan fingerprint density at radius 2 is 1.96 bits per heavy atom. The van der Waals surface area contributed by atoms with Crippen LogP contribution in [0, 0.1) is 0 Å². The van der Waals surface area contributed by atoms with E-state index in [0.29, 0.717) is 18.8 Å². The van der Waals surface area contributed by atoms with E-state index in [4.69, 9.17) is 36.0 Å². The highest BCUT2D eigenvalue weighted by Crippen LogP contribution is 2.43. The summed E-state index contributed by atoms with van der Waals surface area (Å²) < 4.78 is 29.2. The number of fused-ring (bicyclic) bond motifs is 1. The van der Waals surface area contributed by atoms with E-state index < -0.39 is 38.6 Å². The normalized spacial score (nSPS) is 30.4. The summed E-state index contributed by atoms with van der Waals surface area (Å²) in [6.07, 6.45) is 0.0119. The maximum Gasteiger partial charge on any atom is 0.330 e. The highest BCUT2D eigenvalue weighted by atomic mass is 32.1. The van der Waals surface area contributed by atoms with Crippen molar-refractivity contribution in [2.24, 2.45) is 0 Å². The second-order valence-electron chi connectivity index (χ2n) is 9.02. The van der Waals surface area contributed by atoms with Crippen LogP contribution in [-0.4, -0.2) is 57.0 Å². The van der Waals surface area contributed by atoms with Gasteiger partial charge in [0.25, 0.3) is 0 Å². The van der Waals surface area contributed by atoms with Crippen molar-refractivity contribution in [2.45, 2.75) is 89.2 Å². The first-order valence-corrected chi connectivity index (χ1v) is 12.9. The first-order chi connectivity index (χ1) is 12.3. The van der Waals surface area contributed by atoms with E-state index in [1.165, 1.54) is 6.08 Å². The Morgan fingerprint density at radius 3 is 2.52 bits per heavy atom. The van der Waals surface area contributed by atoms with Crippen LogP contribution in [0.1, 0.15) is 41.5 Å². The Hall–Kier alpha value is -0.383. The third-order valence-electron chi connectivity index (χ3n) is 5.34. The number of hydrogen-bond acceptors (Lipinski definition) is 7. The summed E-state index contributed by atoms with van der Waals surface area (Å²) in [5.74, 6) is -1.18. The lowest BCUT2D eigenvalue weighted by Crippen LogP contribution is -2.43. The van der Waals surface area contributed by atoms with Crippen LogP contribution >= 0.6 is 12.6 Å². The van der Waals surface area contributed by atoms with Crippen molar-refractivity contribution in [1.82, 2.24) is 0 Å². The van der Waals surface area contributed by atoms with Gasteiger partial charge in [-0.2, -0.15) is 12.6 Å². The lowest BCUT2D eigenvalue weighted by molar-refractivity contribution is -0.200. The molecule has 2 saturated heterocycles. The van der Waals surface area contributed by atoms with Gasteiger partial charge in [0.15, 0.2) is 20.4 Å². The molecule has 0 saturated carbocycles. The third kappa shape index (κ3) is 5.36. The van der Waals surface area contributed by atoms with Crippen molar-refractivity contribution in [1.29, 1.82) is 0 Å². The molecule has 0 bridgehead atoms.